The molecule has 0 fully saturated rings. The molecule has 0 aromatic heterocycles. The maximum Gasteiger partial charge on any atom is 0.239 e. The molecular formula is C20H23ClN2O3. The highest BCUT2D eigenvalue weighted by Gasteiger charge is 2.15. The average Bonchev–Trinajstić information content (AvgIpc) is 2.63. The molecular weight excluding hydrogens is 352 g/mol. The minimum atomic E-state index is -0.199. The number of ether oxygens (including phenoxy) is 1. The van der Waals surface area contributed by atoms with Crippen molar-refractivity contribution in [3.63, 3.8) is 0 Å². The molecule has 6 heteroatoms. The van der Waals surface area contributed by atoms with Gasteiger partial charge in [0.1, 0.15) is 5.75 Å². The van der Waals surface area contributed by atoms with Crippen LogP contribution in [0.2, 0.25) is 5.02 Å². The molecule has 138 valence electrons. The zero-order valence-electron chi connectivity index (χ0n) is 15.0. The zero-order chi connectivity index (χ0) is 18.9. The summed E-state index contributed by atoms with van der Waals surface area (Å²) in [4.78, 5) is 25.5. The van der Waals surface area contributed by atoms with Gasteiger partial charge in [0.2, 0.25) is 11.8 Å². The van der Waals surface area contributed by atoms with Crippen LogP contribution in [0, 0.1) is 0 Å². The van der Waals surface area contributed by atoms with Crippen LogP contribution in [0.25, 0.3) is 0 Å². The minimum Gasteiger partial charge on any atom is -0.497 e. The number of nitrogens with one attached hydrogen (secondary N) is 1. The molecule has 0 heterocycles. The van der Waals surface area contributed by atoms with Crippen LogP contribution in [0.1, 0.15) is 18.1 Å². The largest absolute Gasteiger partial charge is 0.497 e. The van der Waals surface area contributed by atoms with Gasteiger partial charge < -0.3 is 15.0 Å². The summed E-state index contributed by atoms with van der Waals surface area (Å²) in [5.74, 6) is 0.416. The Morgan fingerprint density at radius 1 is 1.15 bits per heavy atom. The van der Waals surface area contributed by atoms with E-state index in [9.17, 15) is 9.59 Å². The molecule has 2 aromatic rings. The number of methoxy groups -OCH3 is 1. The van der Waals surface area contributed by atoms with Gasteiger partial charge in [-0.1, -0.05) is 41.9 Å². The smallest absolute Gasteiger partial charge is 0.239 e. The van der Waals surface area contributed by atoms with Gasteiger partial charge in [-0.3, -0.25) is 9.59 Å². The van der Waals surface area contributed by atoms with E-state index in [2.05, 4.69) is 5.32 Å². The molecule has 0 aliphatic carbocycles. The van der Waals surface area contributed by atoms with E-state index in [-0.39, 0.29) is 18.4 Å². The highest BCUT2D eigenvalue weighted by atomic mass is 35.5. The summed E-state index contributed by atoms with van der Waals surface area (Å²) in [5, 5.41) is 3.43. The van der Waals surface area contributed by atoms with E-state index in [1.165, 1.54) is 11.8 Å². The molecule has 0 saturated heterocycles. The number of carbonyl (C=O) groups is 2. The van der Waals surface area contributed by atoms with Gasteiger partial charge in [-0.05, 0) is 35.7 Å². The third-order valence-corrected chi connectivity index (χ3v) is 4.34. The van der Waals surface area contributed by atoms with Gasteiger partial charge in [0.05, 0.1) is 13.7 Å². The second-order valence-electron chi connectivity index (χ2n) is 5.92. The van der Waals surface area contributed by atoms with Gasteiger partial charge >= 0.3 is 0 Å². The summed E-state index contributed by atoms with van der Waals surface area (Å²) in [6, 6.07) is 15.0. The minimum absolute atomic E-state index is 0.00132. The summed E-state index contributed by atoms with van der Waals surface area (Å²) < 4.78 is 5.19. The number of nitrogens with zero attached hydrogens (tertiary/aromatic N) is 1. The predicted molar refractivity (Wildman–Crippen MR) is 102 cm³/mol. The molecule has 0 saturated carbocycles. The Bertz CT molecular complexity index is 764. The zero-order valence-corrected chi connectivity index (χ0v) is 15.8. The van der Waals surface area contributed by atoms with Crippen molar-refractivity contribution in [1.29, 1.82) is 0 Å². The second kappa shape index (κ2) is 9.82. The van der Waals surface area contributed by atoms with Gasteiger partial charge in [-0.2, -0.15) is 0 Å². The predicted octanol–water partition coefficient (Wildman–Crippen LogP) is 3.06. The third kappa shape index (κ3) is 6.08. The number of hydrogen-bond acceptors (Lipinski definition) is 3. The molecule has 0 atom stereocenters. The molecule has 2 aromatic carbocycles. The van der Waals surface area contributed by atoms with Gasteiger partial charge in [-0.15, -0.1) is 0 Å². The molecule has 0 aliphatic rings. The van der Waals surface area contributed by atoms with Crippen molar-refractivity contribution in [2.75, 3.05) is 20.2 Å². The van der Waals surface area contributed by atoms with Gasteiger partial charge in [0.15, 0.2) is 0 Å². The molecule has 0 unspecified atom stereocenters. The average molecular weight is 375 g/mol. The Labute approximate surface area is 158 Å². The van der Waals surface area contributed by atoms with E-state index in [1.54, 1.807) is 13.2 Å². The van der Waals surface area contributed by atoms with Gasteiger partial charge in [0.25, 0.3) is 0 Å². The number of halogens is 1. The van der Waals surface area contributed by atoms with Crippen LogP contribution < -0.4 is 10.1 Å². The van der Waals surface area contributed by atoms with E-state index >= 15 is 0 Å². The van der Waals surface area contributed by atoms with Gasteiger partial charge in [0, 0.05) is 25.0 Å². The van der Waals surface area contributed by atoms with Gasteiger partial charge in [-0.25, -0.2) is 0 Å². The maximum absolute atomic E-state index is 12.2. The Balaban J connectivity index is 1.85. The summed E-state index contributed by atoms with van der Waals surface area (Å²) in [6.45, 7) is 2.24. The van der Waals surface area contributed by atoms with Crippen molar-refractivity contribution < 1.29 is 14.3 Å². The lowest BCUT2D eigenvalue weighted by Gasteiger charge is -2.21. The van der Waals surface area contributed by atoms with Crippen LogP contribution in [-0.2, 0) is 22.6 Å². The number of rotatable bonds is 8. The quantitative estimate of drug-likeness (QED) is 0.772. The molecule has 0 aliphatic heterocycles. The highest BCUT2D eigenvalue weighted by Crippen LogP contribution is 2.17. The summed E-state index contributed by atoms with van der Waals surface area (Å²) >= 11 is 6.14. The van der Waals surface area contributed by atoms with E-state index in [1.807, 2.05) is 42.5 Å². The molecule has 1 N–H and O–H groups in total. The summed E-state index contributed by atoms with van der Waals surface area (Å²) in [7, 11) is 1.62. The first kappa shape index (κ1) is 19.8. The molecule has 0 radical (unpaired) electrons. The van der Waals surface area contributed by atoms with Crippen molar-refractivity contribution in [1.82, 2.24) is 10.2 Å². The first-order valence-corrected chi connectivity index (χ1v) is 8.76. The van der Waals surface area contributed by atoms with Crippen molar-refractivity contribution in [3.8, 4) is 5.75 Å². The molecule has 0 bridgehead atoms. The Morgan fingerprint density at radius 3 is 2.62 bits per heavy atom. The van der Waals surface area contributed by atoms with Crippen LogP contribution in [-0.4, -0.2) is 36.9 Å². The number of benzene rings is 2. The van der Waals surface area contributed by atoms with Crippen LogP contribution in [0.4, 0.5) is 0 Å². The number of carbonyl (C=O) groups excluding carboxylic acids is 2. The van der Waals surface area contributed by atoms with E-state index < -0.39 is 0 Å². The maximum atomic E-state index is 12.2. The monoisotopic (exact) mass is 374 g/mol. The number of amides is 2. The SMILES string of the molecule is COc1cccc(CCNC(=O)CN(Cc2ccccc2Cl)C(C)=O)c1. The van der Waals surface area contributed by atoms with Crippen LogP contribution >= 0.6 is 11.6 Å². The van der Waals surface area contributed by atoms with Crippen LogP contribution in [0.5, 0.6) is 5.75 Å². The Hall–Kier alpha value is -2.53. The highest BCUT2D eigenvalue weighted by molar-refractivity contribution is 6.31. The Kier molecular flexibility index (Phi) is 7.48. The fourth-order valence-electron chi connectivity index (χ4n) is 2.51. The first-order valence-electron chi connectivity index (χ1n) is 8.38. The number of hydrogen-bond donors (Lipinski definition) is 1. The lowest BCUT2D eigenvalue weighted by molar-refractivity contribution is -0.134. The second-order valence-corrected chi connectivity index (χ2v) is 6.33. The van der Waals surface area contributed by atoms with Crippen molar-refractivity contribution >= 4 is 23.4 Å². The normalized spacial score (nSPS) is 10.3. The summed E-state index contributed by atoms with van der Waals surface area (Å²) in [5.41, 5.74) is 1.89. The standard InChI is InChI=1S/C20H23ClN2O3/c1-15(24)23(13-17-7-3-4-9-19(17)21)14-20(25)22-11-10-16-6-5-8-18(12-16)26-2/h3-9,12H,10-11,13-14H2,1-2H3,(H,22,25). The van der Waals surface area contributed by atoms with Crippen LogP contribution in [0.3, 0.4) is 0 Å². The van der Waals surface area contributed by atoms with Crippen molar-refractivity contribution in [3.05, 3.63) is 64.7 Å². The third-order valence-electron chi connectivity index (χ3n) is 3.97. The lowest BCUT2D eigenvalue weighted by atomic mass is 10.1. The van der Waals surface area contributed by atoms with Crippen molar-refractivity contribution in [2.45, 2.75) is 19.9 Å². The molecule has 5 nitrogen and oxygen atoms in total. The van der Waals surface area contributed by atoms with E-state index in [0.717, 1.165) is 16.9 Å². The summed E-state index contributed by atoms with van der Waals surface area (Å²) in [6.07, 6.45) is 0.688. The Morgan fingerprint density at radius 2 is 1.92 bits per heavy atom. The fraction of sp³-hybridized carbons (Fsp3) is 0.300. The molecule has 26 heavy (non-hydrogen) atoms. The molecule has 2 rings (SSSR count). The fourth-order valence-corrected chi connectivity index (χ4v) is 2.71. The van der Waals surface area contributed by atoms with E-state index in [4.69, 9.17) is 16.3 Å². The molecule has 0 spiro atoms. The topological polar surface area (TPSA) is 58.6 Å². The van der Waals surface area contributed by atoms with Crippen molar-refractivity contribution in [2.24, 2.45) is 0 Å². The first-order chi connectivity index (χ1) is 12.5. The lowest BCUT2D eigenvalue weighted by Crippen LogP contribution is -2.40. The van der Waals surface area contributed by atoms with Crippen LogP contribution in [0.15, 0.2) is 48.5 Å². The molecule has 2 amide bonds. The van der Waals surface area contributed by atoms with E-state index in [0.29, 0.717) is 24.5 Å².